The van der Waals surface area contributed by atoms with Crippen molar-refractivity contribution in [3.8, 4) is 0 Å². The van der Waals surface area contributed by atoms with Gasteiger partial charge in [0.15, 0.2) is 8.32 Å². The summed E-state index contributed by atoms with van der Waals surface area (Å²) in [6.07, 6.45) is 15.2. The van der Waals surface area contributed by atoms with Crippen LogP contribution in [-0.2, 0) is 14.0 Å². The second-order valence-electron chi connectivity index (χ2n) is 15.8. The minimum absolute atomic E-state index is 0.0929. The number of ether oxygens (including phenoxy) is 1. The van der Waals surface area contributed by atoms with Crippen LogP contribution in [0.2, 0.25) is 18.1 Å². The van der Waals surface area contributed by atoms with Crippen LogP contribution < -0.4 is 0 Å². The van der Waals surface area contributed by atoms with Gasteiger partial charge in [-0.2, -0.15) is 0 Å². The summed E-state index contributed by atoms with van der Waals surface area (Å²) in [5, 5.41) is 10.5. The molecule has 0 aromatic rings. The van der Waals surface area contributed by atoms with E-state index in [4.69, 9.17) is 9.16 Å². The van der Waals surface area contributed by atoms with E-state index in [1.165, 1.54) is 44.1 Å². The van der Waals surface area contributed by atoms with Gasteiger partial charge in [-0.25, -0.2) is 0 Å². The number of hydrogen-bond donors (Lipinski definition) is 1. The fourth-order valence-corrected chi connectivity index (χ4v) is 9.10. The summed E-state index contributed by atoms with van der Waals surface area (Å²) in [6.45, 7) is 24.7. The molecule has 0 aliphatic heterocycles. The van der Waals surface area contributed by atoms with Crippen LogP contribution in [0.5, 0.6) is 0 Å². The third-order valence-electron chi connectivity index (χ3n) is 11.0. The third-order valence-corrected chi connectivity index (χ3v) is 16.0. The van der Waals surface area contributed by atoms with E-state index in [1.807, 2.05) is 13.8 Å². The van der Waals surface area contributed by atoms with E-state index in [2.05, 4.69) is 82.4 Å². The van der Waals surface area contributed by atoms with Crippen LogP contribution in [0.25, 0.3) is 0 Å². The zero-order valence-electron chi connectivity index (χ0n) is 27.6. The lowest BCUT2D eigenvalue weighted by molar-refractivity contribution is -0.147. The zero-order chi connectivity index (χ0) is 30.8. The van der Waals surface area contributed by atoms with Gasteiger partial charge in [0.1, 0.15) is 11.4 Å². The Hall–Kier alpha value is -0.693. The number of rotatable bonds is 10. The first-order chi connectivity index (χ1) is 18.9. The van der Waals surface area contributed by atoms with Gasteiger partial charge in [0.25, 0.3) is 0 Å². The van der Waals surface area contributed by atoms with Crippen molar-refractivity contribution < 1.29 is 19.1 Å². The third kappa shape index (κ3) is 8.70. The molecule has 2 unspecified atom stereocenters. The molecule has 41 heavy (non-hydrogen) atoms. The molecule has 0 spiro atoms. The molecule has 6 heteroatoms. The maximum absolute atomic E-state index is 12.2. The van der Waals surface area contributed by atoms with Gasteiger partial charge in [-0.05, 0) is 105 Å². The van der Waals surface area contributed by atoms with Crippen molar-refractivity contribution >= 4 is 30.2 Å². The monoisotopic (exact) mass is 650 g/mol. The fourth-order valence-electron chi connectivity index (χ4n) is 7.66. The van der Waals surface area contributed by atoms with Crippen molar-refractivity contribution in [3.05, 3.63) is 35.5 Å². The van der Waals surface area contributed by atoms with Gasteiger partial charge < -0.3 is 14.3 Å². The van der Waals surface area contributed by atoms with Crippen LogP contribution in [0.15, 0.2) is 35.5 Å². The standard InChI is InChI=1S/C35H59BrO4Si/c1-24(13-11-19-34(6,7)38)29-17-18-30-26(14-12-20-35(29,30)8)15-16-27-21-28(39-32(37)23-36)22-31(25(27)2)40-41(9,10)33(3,4)5/h15-16,24,28-31,38H,2,11-14,17-23H2,1,3-10H3/b26-15+,27-16-/t24?,28-,29-,30?,31+,35-/m1/s1. The average molecular weight is 652 g/mol. The molecule has 3 saturated carbocycles. The summed E-state index contributed by atoms with van der Waals surface area (Å²) < 4.78 is 12.7. The number of hydrogen-bond acceptors (Lipinski definition) is 4. The number of halogens is 1. The number of allylic oxidation sites excluding steroid dienone is 3. The quantitative estimate of drug-likeness (QED) is 0.145. The van der Waals surface area contributed by atoms with Crippen LogP contribution in [0.3, 0.4) is 0 Å². The van der Waals surface area contributed by atoms with E-state index in [0.717, 1.165) is 24.3 Å². The molecule has 4 nitrogen and oxygen atoms in total. The molecule has 0 aromatic heterocycles. The Labute approximate surface area is 261 Å². The Morgan fingerprint density at radius 3 is 2.51 bits per heavy atom. The van der Waals surface area contributed by atoms with Gasteiger partial charge in [-0.15, -0.1) is 0 Å². The molecular formula is C35H59BrO4Si. The van der Waals surface area contributed by atoms with Crippen molar-refractivity contribution in [2.75, 3.05) is 5.33 Å². The van der Waals surface area contributed by atoms with Crippen molar-refractivity contribution in [1.29, 1.82) is 0 Å². The molecule has 0 heterocycles. The highest BCUT2D eigenvalue weighted by Gasteiger charge is 2.50. The van der Waals surface area contributed by atoms with Gasteiger partial charge in [-0.1, -0.05) is 87.7 Å². The Morgan fingerprint density at radius 1 is 1.22 bits per heavy atom. The highest BCUT2D eigenvalue weighted by atomic mass is 79.9. The molecule has 3 fully saturated rings. The SMILES string of the molecule is C=C1/C(=C\C=C2/CCC[C@@]3(C)C2CC[C@@H]3C(C)CCCC(C)(C)O)C[C@@H](OC(=O)CBr)C[C@@H]1O[Si](C)(C)C(C)(C)C. The normalized spacial score (nSPS) is 32.3. The Kier molecular flexibility index (Phi) is 11.5. The largest absolute Gasteiger partial charge is 0.461 e. The zero-order valence-corrected chi connectivity index (χ0v) is 30.2. The fraction of sp³-hybridized carbons (Fsp3) is 0.800. The van der Waals surface area contributed by atoms with Crippen LogP contribution in [0, 0.1) is 23.2 Å². The van der Waals surface area contributed by atoms with Crippen LogP contribution in [-0.4, -0.2) is 42.5 Å². The predicted octanol–water partition coefficient (Wildman–Crippen LogP) is 9.68. The first-order valence-electron chi connectivity index (χ1n) is 16.1. The molecule has 0 radical (unpaired) electrons. The number of esters is 1. The summed E-state index contributed by atoms with van der Waals surface area (Å²) in [5.74, 6) is 1.84. The molecule has 3 rings (SSSR count). The van der Waals surface area contributed by atoms with E-state index < -0.39 is 13.9 Å². The number of carbonyl (C=O) groups is 1. The minimum atomic E-state index is -2.03. The smallest absolute Gasteiger partial charge is 0.316 e. The predicted molar refractivity (Wildman–Crippen MR) is 178 cm³/mol. The van der Waals surface area contributed by atoms with Gasteiger partial charge in [-0.3, -0.25) is 4.79 Å². The molecule has 6 atom stereocenters. The lowest BCUT2D eigenvalue weighted by atomic mass is 9.60. The molecule has 234 valence electrons. The second-order valence-corrected chi connectivity index (χ2v) is 21.1. The summed E-state index contributed by atoms with van der Waals surface area (Å²) in [6, 6.07) is 0. The Balaban J connectivity index is 1.81. The van der Waals surface area contributed by atoms with Crippen LogP contribution >= 0.6 is 15.9 Å². The van der Waals surface area contributed by atoms with Gasteiger partial charge in [0.2, 0.25) is 0 Å². The summed E-state index contributed by atoms with van der Waals surface area (Å²) >= 11 is 3.26. The maximum Gasteiger partial charge on any atom is 0.316 e. The van der Waals surface area contributed by atoms with Crippen LogP contribution in [0.1, 0.15) is 113 Å². The molecule has 3 aliphatic carbocycles. The lowest BCUT2D eigenvalue weighted by Crippen LogP contribution is -2.46. The molecule has 0 aromatic carbocycles. The van der Waals surface area contributed by atoms with E-state index in [0.29, 0.717) is 30.1 Å². The van der Waals surface area contributed by atoms with Crippen molar-refractivity contribution in [2.45, 2.75) is 149 Å². The van der Waals surface area contributed by atoms with Crippen molar-refractivity contribution in [1.82, 2.24) is 0 Å². The Bertz CT molecular complexity index is 1000. The minimum Gasteiger partial charge on any atom is -0.461 e. The second kappa shape index (κ2) is 13.5. The highest BCUT2D eigenvalue weighted by molar-refractivity contribution is 9.09. The van der Waals surface area contributed by atoms with Gasteiger partial charge >= 0.3 is 5.97 Å². The molecule has 1 N–H and O–H groups in total. The highest BCUT2D eigenvalue weighted by Crippen LogP contribution is 2.60. The maximum atomic E-state index is 12.2. The van der Waals surface area contributed by atoms with Crippen molar-refractivity contribution in [3.63, 3.8) is 0 Å². The average Bonchev–Trinajstić information content (AvgIpc) is 3.20. The van der Waals surface area contributed by atoms with E-state index in [1.54, 1.807) is 5.57 Å². The Morgan fingerprint density at radius 2 is 1.90 bits per heavy atom. The molecule has 3 aliphatic rings. The molecule has 0 bridgehead atoms. The summed E-state index contributed by atoms with van der Waals surface area (Å²) in [4.78, 5) is 12.2. The topological polar surface area (TPSA) is 55.8 Å². The molecular weight excluding hydrogens is 592 g/mol. The first-order valence-corrected chi connectivity index (χ1v) is 20.2. The van der Waals surface area contributed by atoms with Crippen LogP contribution in [0.4, 0.5) is 0 Å². The molecule has 0 amide bonds. The summed E-state index contributed by atoms with van der Waals surface area (Å²) in [5.41, 5.74) is 3.59. The number of carbonyl (C=O) groups excluding carboxylic acids is 1. The lowest BCUT2D eigenvalue weighted by Gasteiger charge is -2.44. The first kappa shape index (κ1) is 34.8. The van der Waals surface area contributed by atoms with E-state index in [9.17, 15) is 9.90 Å². The summed E-state index contributed by atoms with van der Waals surface area (Å²) in [7, 11) is -2.03. The van der Waals surface area contributed by atoms with E-state index >= 15 is 0 Å². The number of alkyl halides is 1. The van der Waals surface area contributed by atoms with Gasteiger partial charge in [0, 0.05) is 12.8 Å². The van der Waals surface area contributed by atoms with Crippen molar-refractivity contribution in [2.24, 2.45) is 23.2 Å². The number of aliphatic hydroxyl groups is 1. The molecule has 0 saturated heterocycles. The number of fused-ring (bicyclic) bond motifs is 1. The van der Waals surface area contributed by atoms with E-state index in [-0.39, 0.29) is 28.5 Å². The van der Waals surface area contributed by atoms with Gasteiger partial charge in [0.05, 0.1) is 11.7 Å².